The number of hydrogen-bond donors (Lipinski definition) is 0. The standard InChI is InChI=1S/C39H50P.ClH/c1-2-3-4-5-6-7-8-9-10-11-12-18-27-36-28-23-24-33-39(36)40(37-29-19-14-20-30-37,38-31-21-15-22-32-38)34-35-25-16-13-17-26-35;/h13-17,19-26,28-33H,2-12,18,27,34H2,1H3;1H/q+1;/p-1. The number of rotatable bonds is 18. The Morgan fingerprint density at radius 3 is 1.37 bits per heavy atom. The molecule has 0 fully saturated rings. The molecule has 0 saturated carbocycles. The molecule has 4 aromatic rings. The van der Waals surface area contributed by atoms with E-state index in [-0.39, 0.29) is 12.4 Å². The monoisotopic (exact) mass is 584 g/mol. The summed E-state index contributed by atoms with van der Waals surface area (Å²) in [6.45, 7) is 2.30. The first kappa shape index (κ1) is 33.1. The minimum absolute atomic E-state index is 0. The van der Waals surface area contributed by atoms with Crippen LogP contribution in [0.15, 0.2) is 115 Å². The summed E-state index contributed by atoms with van der Waals surface area (Å²) in [5, 5.41) is 4.53. The van der Waals surface area contributed by atoms with Gasteiger partial charge in [-0.15, -0.1) is 0 Å². The Labute approximate surface area is 257 Å². The first-order chi connectivity index (χ1) is 19.8. The van der Waals surface area contributed by atoms with Gasteiger partial charge in [-0.1, -0.05) is 162 Å². The van der Waals surface area contributed by atoms with E-state index in [4.69, 9.17) is 0 Å². The molecular formula is C39H50ClP. The topological polar surface area (TPSA) is 0 Å². The molecule has 0 nitrogen and oxygen atoms in total. The van der Waals surface area contributed by atoms with Crippen LogP contribution in [-0.2, 0) is 12.6 Å². The zero-order valence-corrected chi connectivity index (χ0v) is 26.8. The molecule has 0 N–H and O–H groups in total. The molecule has 2 heteroatoms. The molecule has 0 saturated heterocycles. The lowest BCUT2D eigenvalue weighted by molar-refractivity contribution is -0.00000815. The lowest BCUT2D eigenvalue weighted by atomic mass is 10.0. The van der Waals surface area contributed by atoms with Crippen LogP contribution in [0.1, 0.15) is 95.1 Å². The third kappa shape index (κ3) is 9.84. The van der Waals surface area contributed by atoms with Crippen molar-refractivity contribution in [3.05, 3.63) is 126 Å². The van der Waals surface area contributed by atoms with Gasteiger partial charge in [0.25, 0.3) is 0 Å². The van der Waals surface area contributed by atoms with Gasteiger partial charge in [0.05, 0.1) is 6.16 Å². The summed E-state index contributed by atoms with van der Waals surface area (Å²) in [6, 6.07) is 43.3. The van der Waals surface area contributed by atoms with E-state index < -0.39 is 7.26 Å². The lowest BCUT2D eigenvalue weighted by Gasteiger charge is -2.29. The summed E-state index contributed by atoms with van der Waals surface area (Å²) in [5.74, 6) is 0. The average molecular weight is 585 g/mol. The fourth-order valence-corrected chi connectivity index (χ4v) is 10.7. The predicted molar refractivity (Wildman–Crippen MR) is 180 cm³/mol. The average Bonchev–Trinajstić information content (AvgIpc) is 3.02. The Kier molecular flexibility index (Phi) is 15.3. The van der Waals surface area contributed by atoms with Crippen LogP contribution in [0.5, 0.6) is 0 Å². The van der Waals surface area contributed by atoms with Gasteiger partial charge in [0.15, 0.2) is 0 Å². The zero-order valence-electron chi connectivity index (χ0n) is 25.2. The van der Waals surface area contributed by atoms with E-state index in [0.29, 0.717) is 0 Å². The van der Waals surface area contributed by atoms with E-state index >= 15 is 0 Å². The van der Waals surface area contributed by atoms with E-state index in [1.807, 2.05) is 0 Å². The molecule has 0 bridgehead atoms. The smallest absolute Gasteiger partial charge is 0.116 e. The second kappa shape index (κ2) is 18.9. The van der Waals surface area contributed by atoms with Crippen molar-refractivity contribution in [2.45, 2.75) is 96.6 Å². The molecule has 218 valence electrons. The lowest BCUT2D eigenvalue weighted by Crippen LogP contribution is -3.00. The second-order valence-corrected chi connectivity index (χ2v) is 14.8. The Hall–Kier alpha value is -2.40. The summed E-state index contributed by atoms with van der Waals surface area (Å²) < 4.78 is 0. The van der Waals surface area contributed by atoms with Crippen molar-refractivity contribution in [2.24, 2.45) is 0 Å². The van der Waals surface area contributed by atoms with E-state index in [0.717, 1.165) is 6.16 Å². The Morgan fingerprint density at radius 2 is 0.854 bits per heavy atom. The van der Waals surface area contributed by atoms with Crippen LogP contribution in [0.4, 0.5) is 0 Å². The molecule has 41 heavy (non-hydrogen) atoms. The third-order valence-electron chi connectivity index (χ3n) is 8.36. The van der Waals surface area contributed by atoms with E-state index in [9.17, 15) is 0 Å². The van der Waals surface area contributed by atoms with Gasteiger partial charge in [-0.05, 0) is 54.3 Å². The summed E-state index contributed by atoms with van der Waals surface area (Å²) in [7, 11) is -1.90. The maximum Gasteiger partial charge on any atom is 0.116 e. The number of benzene rings is 4. The fraction of sp³-hybridized carbons (Fsp3) is 0.385. The van der Waals surface area contributed by atoms with Gasteiger partial charge in [-0.3, -0.25) is 0 Å². The minimum Gasteiger partial charge on any atom is -1.00 e. The predicted octanol–water partition coefficient (Wildman–Crippen LogP) is 7.43. The molecule has 4 rings (SSSR count). The number of halogens is 1. The van der Waals surface area contributed by atoms with Gasteiger partial charge in [0.1, 0.15) is 23.2 Å². The molecule has 4 aromatic carbocycles. The van der Waals surface area contributed by atoms with Gasteiger partial charge in [0, 0.05) is 0 Å². The molecule has 0 aliphatic heterocycles. The van der Waals surface area contributed by atoms with E-state index in [2.05, 4.69) is 122 Å². The van der Waals surface area contributed by atoms with E-state index in [1.54, 1.807) is 10.9 Å². The highest BCUT2D eigenvalue weighted by Crippen LogP contribution is 2.58. The van der Waals surface area contributed by atoms with Crippen LogP contribution in [0, 0.1) is 0 Å². The van der Waals surface area contributed by atoms with Gasteiger partial charge in [-0.25, -0.2) is 0 Å². The van der Waals surface area contributed by atoms with Crippen molar-refractivity contribution in [3.8, 4) is 0 Å². The van der Waals surface area contributed by atoms with Crippen molar-refractivity contribution in [2.75, 3.05) is 0 Å². The van der Waals surface area contributed by atoms with Crippen LogP contribution >= 0.6 is 7.26 Å². The van der Waals surface area contributed by atoms with E-state index in [1.165, 1.54) is 99.6 Å². The number of hydrogen-bond acceptors (Lipinski definition) is 0. The summed E-state index contributed by atoms with van der Waals surface area (Å²) in [6.07, 6.45) is 19.0. The normalized spacial score (nSPS) is 11.2. The fourth-order valence-electron chi connectivity index (χ4n) is 6.17. The van der Waals surface area contributed by atoms with Gasteiger partial charge in [-0.2, -0.15) is 0 Å². The van der Waals surface area contributed by atoms with Crippen LogP contribution in [0.3, 0.4) is 0 Å². The van der Waals surface area contributed by atoms with Crippen molar-refractivity contribution in [1.29, 1.82) is 0 Å². The quantitative estimate of drug-likeness (QED) is 0.0843. The van der Waals surface area contributed by atoms with Crippen LogP contribution in [0.25, 0.3) is 0 Å². The second-order valence-electron chi connectivity index (χ2n) is 11.4. The largest absolute Gasteiger partial charge is 1.00 e. The highest BCUT2D eigenvalue weighted by molar-refractivity contribution is 7.95. The number of unbranched alkanes of at least 4 members (excludes halogenated alkanes) is 11. The van der Waals surface area contributed by atoms with Crippen LogP contribution < -0.4 is 28.3 Å². The zero-order chi connectivity index (χ0) is 27.7. The molecule has 0 amide bonds. The Morgan fingerprint density at radius 1 is 0.439 bits per heavy atom. The first-order valence-electron chi connectivity index (χ1n) is 16.0. The molecule has 0 spiro atoms. The maximum absolute atomic E-state index is 2.45. The van der Waals surface area contributed by atoms with Crippen LogP contribution in [-0.4, -0.2) is 0 Å². The number of aryl methyl sites for hydroxylation is 1. The molecule has 0 aromatic heterocycles. The van der Waals surface area contributed by atoms with Crippen molar-refractivity contribution in [1.82, 2.24) is 0 Å². The van der Waals surface area contributed by atoms with Crippen molar-refractivity contribution >= 4 is 23.2 Å². The Balaban J connectivity index is 0.00000462. The van der Waals surface area contributed by atoms with Crippen molar-refractivity contribution in [3.63, 3.8) is 0 Å². The van der Waals surface area contributed by atoms with Gasteiger partial charge in [0.2, 0.25) is 0 Å². The first-order valence-corrected chi connectivity index (χ1v) is 17.9. The molecule has 0 radical (unpaired) electrons. The molecule has 0 atom stereocenters. The van der Waals surface area contributed by atoms with Crippen molar-refractivity contribution < 1.29 is 12.4 Å². The third-order valence-corrected chi connectivity index (χ3v) is 12.8. The molecule has 0 aliphatic rings. The SMILES string of the molecule is CCCCCCCCCCCCCCc1ccccc1[P+](Cc1ccccc1)(c1ccccc1)c1ccccc1.[Cl-]. The molecule has 0 aliphatic carbocycles. The van der Waals surface area contributed by atoms with Crippen LogP contribution in [0.2, 0.25) is 0 Å². The Bertz CT molecular complexity index is 1170. The highest BCUT2D eigenvalue weighted by atomic mass is 35.5. The van der Waals surface area contributed by atoms with Gasteiger partial charge >= 0.3 is 0 Å². The molecule has 0 heterocycles. The summed E-state index contributed by atoms with van der Waals surface area (Å²) in [4.78, 5) is 0. The maximum atomic E-state index is 2.45. The molecule has 0 unspecified atom stereocenters. The highest BCUT2D eigenvalue weighted by Gasteiger charge is 2.46. The van der Waals surface area contributed by atoms with Gasteiger partial charge < -0.3 is 12.4 Å². The minimum atomic E-state index is -1.90. The summed E-state index contributed by atoms with van der Waals surface area (Å²) >= 11 is 0. The summed E-state index contributed by atoms with van der Waals surface area (Å²) in [5.41, 5.74) is 2.97. The molecular weight excluding hydrogens is 535 g/mol.